The maximum absolute atomic E-state index is 11.7. The fraction of sp³-hybridized carbons (Fsp3) is 0.917. The zero-order valence-corrected chi connectivity index (χ0v) is 10.1. The van der Waals surface area contributed by atoms with E-state index >= 15 is 0 Å². The molecule has 1 saturated carbocycles. The van der Waals surface area contributed by atoms with Crippen LogP contribution in [0.4, 0.5) is 0 Å². The summed E-state index contributed by atoms with van der Waals surface area (Å²) in [6, 6.07) is -0.135. The Morgan fingerprint density at radius 3 is 2.47 bits per heavy atom. The molecule has 1 rings (SSSR count). The lowest BCUT2D eigenvalue weighted by atomic mass is 9.89. The van der Waals surface area contributed by atoms with Gasteiger partial charge < -0.3 is 10.1 Å². The molecule has 0 spiro atoms. The molecule has 3 nitrogen and oxygen atoms in total. The number of carbonyl (C=O) groups excluding carboxylic acids is 1. The van der Waals surface area contributed by atoms with E-state index in [1.165, 1.54) is 12.8 Å². The van der Waals surface area contributed by atoms with E-state index < -0.39 is 0 Å². The molecule has 3 heteroatoms. The molecule has 0 saturated heterocycles. The molecule has 0 aromatic heterocycles. The summed E-state index contributed by atoms with van der Waals surface area (Å²) in [4.78, 5) is 11.7. The van der Waals surface area contributed by atoms with Gasteiger partial charge in [-0.15, -0.1) is 0 Å². The van der Waals surface area contributed by atoms with Crippen molar-refractivity contribution in [2.45, 2.75) is 58.1 Å². The van der Waals surface area contributed by atoms with Crippen molar-refractivity contribution in [2.24, 2.45) is 5.92 Å². The number of hydrogen-bond acceptors (Lipinski definition) is 3. The van der Waals surface area contributed by atoms with Crippen LogP contribution in [0, 0.1) is 5.92 Å². The fourth-order valence-electron chi connectivity index (χ4n) is 2.08. The summed E-state index contributed by atoms with van der Waals surface area (Å²) in [5, 5.41) is 2.98. The molecule has 1 unspecified atom stereocenters. The average molecular weight is 213 g/mol. The zero-order valence-electron chi connectivity index (χ0n) is 10.1. The Hall–Kier alpha value is -0.570. The first-order chi connectivity index (χ1) is 7.17. The minimum atomic E-state index is -0.135. The van der Waals surface area contributed by atoms with Crippen LogP contribution in [0.1, 0.15) is 46.0 Å². The Kier molecular flexibility index (Phi) is 5.09. The highest BCUT2D eigenvalue weighted by Crippen LogP contribution is 2.25. The highest BCUT2D eigenvalue weighted by molar-refractivity contribution is 5.75. The van der Waals surface area contributed by atoms with E-state index in [0.717, 1.165) is 25.2 Å². The minimum Gasteiger partial charge on any atom is -0.461 e. The Balaban J connectivity index is 2.31. The highest BCUT2D eigenvalue weighted by Gasteiger charge is 2.24. The number of ether oxygens (including phenoxy) is 1. The lowest BCUT2D eigenvalue weighted by molar-refractivity contribution is -0.153. The Labute approximate surface area is 92.6 Å². The van der Waals surface area contributed by atoms with Gasteiger partial charge >= 0.3 is 5.97 Å². The molecule has 0 heterocycles. The van der Waals surface area contributed by atoms with E-state index in [9.17, 15) is 4.79 Å². The van der Waals surface area contributed by atoms with Gasteiger partial charge in [0.05, 0.1) is 0 Å². The fourth-order valence-corrected chi connectivity index (χ4v) is 2.08. The van der Waals surface area contributed by atoms with Gasteiger partial charge in [-0.25, -0.2) is 0 Å². The lowest BCUT2D eigenvalue weighted by Gasteiger charge is -2.27. The van der Waals surface area contributed by atoms with E-state index in [4.69, 9.17) is 4.74 Å². The van der Waals surface area contributed by atoms with Crippen LogP contribution in [-0.2, 0) is 9.53 Å². The molecule has 0 bridgehead atoms. The largest absolute Gasteiger partial charge is 0.461 e. The highest BCUT2D eigenvalue weighted by atomic mass is 16.5. The number of carbonyl (C=O) groups is 1. The van der Waals surface area contributed by atoms with E-state index in [1.54, 1.807) is 7.05 Å². The summed E-state index contributed by atoms with van der Waals surface area (Å²) < 4.78 is 5.48. The molecule has 15 heavy (non-hydrogen) atoms. The molecule has 0 radical (unpaired) electrons. The summed E-state index contributed by atoms with van der Waals surface area (Å²) in [6.07, 6.45) is 5.40. The van der Waals surface area contributed by atoms with Gasteiger partial charge in [0.15, 0.2) is 0 Å². The third-order valence-corrected chi connectivity index (χ3v) is 3.29. The molecule has 1 aliphatic carbocycles. The first-order valence-corrected chi connectivity index (χ1v) is 6.05. The number of likely N-dealkylation sites (N-methyl/N-ethyl adjacent to an activating group) is 1. The Morgan fingerprint density at radius 2 is 2.00 bits per heavy atom. The third kappa shape index (κ3) is 3.82. The average Bonchev–Trinajstić information content (AvgIpc) is 2.23. The maximum Gasteiger partial charge on any atom is 0.323 e. The topological polar surface area (TPSA) is 38.3 Å². The van der Waals surface area contributed by atoms with Crippen LogP contribution >= 0.6 is 0 Å². The van der Waals surface area contributed by atoms with Gasteiger partial charge in [-0.05, 0) is 45.1 Å². The normalized spacial score (nSPS) is 28.5. The molecular formula is C12H23NO2. The van der Waals surface area contributed by atoms with E-state index in [2.05, 4.69) is 12.2 Å². The van der Waals surface area contributed by atoms with Gasteiger partial charge in [-0.3, -0.25) is 4.79 Å². The molecule has 88 valence electrons. The predicted molar refractivity (Wildman–Crippen MR) is 60.7 cm³/mol. The number of hydrogen-bond donors (Lipinski definition) is 1. The monoisotopic (exact) mass is 213 g/mol. The van der Waals surface area contributed by atoms with Crippen molar-refractivity contribution in [3.63, 3.8) is 0 Å². The second-order valence-corrected chi connectivity index (χ2v) is 4.57. The van der Waals surface area contributed by atoms with Crippen molar-refractivity contribution in [3.05, 3.63) is 0 Å². The smallest absolute Gasteiger partial charge is 0.323 e. The molecule has 1 N–H and O–H groups in total. The summed E-state index contributed by atoms with van der Waals surface area (Å²) >= 11 is 0. The molecule has 0 aliphatic heterocycles. The standard InChI is InChI=1S/C12H23NO2/c1-4-11(13-3)12(14)15-10-7-5-9(2)6-8-10/h9-11,13H,4-8H2,1-3H3. The Bertz CT molecular complexity index is 194. The van der Waals surface area contributed by atoms with Gasteiger partial charge in [-0.2, -0.15) is 0 Å². The van der Waals surface area contributed by atoms with Crippen LogP contribution in [-0.4, -0.2) is 25.2 Å². The minimum absolute atomic E-state index is 0.0837. The van der Waals surface area contributed by atoms with E-state index in [-0.39, 0.29) is 18.1 Å². The van der Waals surface area contributed by atoms with Crippen LogP contribution in [0.2, 0.25) is 0 Å². The number of rotatable bonds is 4. The van der Waals surface area contributed by atoms with Crippen molar-refractivity contribution in [3.8, 4) is 0 Å². The molecule has 0 aromatic carbocycles. The summed E-state index contributed by atoms with van der Waals surface area (Å²) in [6.45, 7) is 4.26. The van der Waals surface area contributed by atoms with Crippen molar-refractivity contribution >= 4 is 5.97 Å². The second kappa shape index (κ2) is 6.11. The molecule has 1 aliphatic rings. The maximum atomic E-state index is 11.7. The summed E-state index contributed by atoms with van der Waals surface area (Å²) in [5.41, 5.74) is 0. The predicted octanol–water partition coefficient (Wildman–Crippen LogP) is 2.11. The number of esters is 1. The van der Waals surface area contributed by atoms with Crippen LogP contribution in [0.15, 0.2) is 0 Å². The summed E-state index contributed by atoms with van der Waals surface area (Å²) in [7, 11) is 1.80. The first kappa shape index (κ1) is 12.5. The van der Waals surface area contributed by atoms with Gasteiger partial charge in [-0.1, -0.05) is 13.8 Å². The van der Waals surface area contributed by atoms with Gasteiger partial charge in [0.1, 0.15) is 12.1 Å². The molecular weight excluding hydrogens is 190 g/mol. The quantitative estimate of drug-likeness (QED) is 0.727. The van der Waals surface area contributed by atoms with E-state index in [1.807, 2.05) is 6.92 Å². The van der Waals surface area contributed by atoms with Crippen molar-refractivity contribution in [1.29, 1.82) is 0 Å². The molecule has 1 fully saturated rings. The van der Waals surface area contributed by atoms with Crippen molar-refractivity contribution in [1.82, 2.24) is 5.32 Å². The van der Waals surface area contributed by atoms with E-state index in [0.29, 0.717) is 0 Å². The van der Waals surface area contributed by atoms with Crippen LogP contribution in [0.3, 0.4) is 0 Å². The van der Waals surface area contributed by atoms with Gasteiger partial charge in [0.25, 0.3) is 0 Å². The number of nitrogens with one attached hydrogen (secondary N) is 1. The molecule has 1 atom stereocenters. The van der Waals surface area contributed by atoms with Crippen LogP contribution in [0.25, 0.3) is 0 Å². The summed E-state index contributed by atoms with van der Waals surface area (Å²) in [5.74, 6) is 0.714. The van der Waals surface area contributed by atoms with Gasteiger partial charge in [0.2, 0.25) is 0 Å². The van der Waals surface area contributed by atoms with Crippen molar-refractivity contribution in [2.75, 3.05) is 7.05 Å². The Morgan fingerprint density at radius 1 is 1.40 bits per heavy atom. The SMILES string of the molecule is CCC(NC)C(=O)OC1CCC(C)CC1. The molecule has 0 aromatic rings. The van der Waals surface area contributed by atoms with Crippen LogP contribution < -0.4 is 5.32 Å². The van der Waals surface area contributed by atoms with Gasteiger partial charge in [0, 0.05) is 0 Å². The lowest BCUT2D eigenvalue weighted by Crippen LogP contribution is -2.37. The van der Waals surface area contributed by atoms with Crippen molar-refractivity contribution < 1.29 is 9.53 Å². The van der Waals surface area contributed by atoms with Crippen LogP contribution in [0.5, 0.6) is 0 Å². The first-order valence-electron chi connectivity index (χ1n) is 6.05. The molecule has 0 amide bonds. The second-order valence-electron chi connectivity index (χ2n) is 4.57. The third-order valence-electron chi connectivity index (χ3n) is 3.29. The zero-order chi connectivity index (χ0) is 11.3.